The second-order valence-electron chi connectivity index (χ2n) is 6.96. The van der Waals surface area contributed by atoms with Crippen molar-refractivity contribution in [2.45, 2.75) is 33.1 Å². The van der Waals surface area contributed by atoms with Gasteiger partial charge in [-0.25, -0.2) is 0 Å². The molecule has 1 aliphatic heterocycles. The van der Waals surface area contributed by atoms with Gasteiger partial charge in [-0.05, 0) is 63.0 Å². The van der Waals surface area contributed by atoms with E-state index in [1.807, 2.05) is 26.0 Å². The maximum Gasteiger partial charge on any atom is 0.241 e. The fraction of sp³-hybridized carbons (Fsp3) is 0.550. The van der Waals surface area contributed by atoms with Gasteiger partial charge in [0.15, 0.2) is 0 Å². The second-order valence-corrected chi connectivity index (χ2v) is 6.96. The zero-order valence-electron chi connectivity index (χ0n) is 15.9. The minimum atomic E-state index is 0.00337. The molecule has 0 bridgehead atoms. The van der Waals surface area contributed by atoms with E-state index < -0.39 is 0 Å². The highest BCUT2D eigenvalue weighted by atomic mass is 16.2. The van der Waals surface area contributed by atoms with Crippen LogP contribution in [0.15, 0.2) is 18.2 Å². The van der Waals surface area contributed by atoms with E-state index in [0.29, 0.717) is 19.5 Å². The number of aryl methyl sites for hydroxylation is 2. The fourth-order valence-electron chi connectivity index (χ4n) is 3.50. The molecule has 0 unspecified atom stereocenters. The maximum atomic E-state index is 12.9. The molecule has 0 atom stereocenters. The number of carbonyl (C=O) groups is 2. The van der Waals surface area contributed by atoms with Gasteiger partial charge < -0.3 is 10.2 Å². The quantitative estimate of drug-likeness (QED) is 0.846. The molecule has 2 rings (SSSR count). The lowest BCUT2D eigenvalue weighted by molar-refractivity contribution is -0.126. The van der Waals surface area contributed by atoms with Gasteiger partial charge in [0, 0.05) is 25.2 Å². The monoisotopic (exact) mass is 356 g/mol. The summed E-state index contributed by atoms with van der Waals surface area (Å²) in [4.78, 5) is 28.5. The zero-order chi connectivity index (χ0) is 19.1. The molecule has 1 saturated heterocycles. The summed E-state index contributed by atoms with van der Waals surface area (Å²) < 4.78 is 0. The first-order chi connectivity index (χ1) is 12.4. The highest BCUT2D eigenvalue weighted by Gasteiger charge is 2.26. The number of hydrogen-bond donors (Lipinski definition) is 1. The molecule has 1 N–H and O–H groups in total. The third-order valence-electron chi connectivity index (χ3n) is 4.83. The molecule has 0 saturated carbocycles. The molecule has 2 amide bonds. The van der Waals surface area contributed by atoms with Crippen LogP contribution < -0.4 is 10.2 Å². The molecular formula is C20H28N4O2. The summed E-state index contributed by atoms with van der Waals surface area (Å²) in [6.07, 6.45) is 1.85. The minimum Gasteiger partial charge on any atom is -0.359 e. The highest BCUT2D eigenvalue weighted by Crippen LogP contribution is 2.21. The van der Waals surface area contributed by atoms with Gasteiger partial charge in [0.25, 0.3) is 0 Å². The average Bonchev–Trinajstić information content (AvgIpc) is 2.61. The first-order valence-corrected chi connectivity index (χ1v) is 9.14. The van der Waals surface area contributed by atoms with Crippen molar-refractivity contribution in [3.8, 4) is 6.07 Å². The number of hydrogen-bond acceptors (Lipinski definition) is 4. The number of amides is 2. The van der Waals surface area contributed by atoms with Gasteiger partial charge in [0.2, 0.25) is 11.8 Å². The summed E-state index contributed by atoms with van der Waals surface area (Å²) >= 11 is 0. The van der Waals surface area contributed by atoms with Crippen LogP contribution in [0.2, 0.25) is 0 Å². The van der Waals surface area contributed by atoms with Crippen LogP contribution in [0.1, 0.15) is 30.4 Å². The number of likely N-dealkylation sites (tertiary alicyclic amines) is 1. The van der Waals surface area contributed by atoms with Crippen molar-refractivity contribution in [3.63, 3.8) is 0 Å². The molecule has 1 fully saturated rings. The number of nitriles is 1. The molecule has 0 aliphatic carbocycles. The van der Waals surface area contributed by atoms with Gasteiger partial charge in [-0.2, -0.15) is 5.26 Å². The van der Waals surface area contributed by atoms with E-state index in [1.165, 1.54) is 0 Å². The van der Waals surface area contributed by atoms with E-state index in [0.717, 1.165) is 42.7 Å². The predicted molar refractivity (Wildman–Crippen MR) is 102 cm³/mol. The largest absolute Gasteiger partial charge is 0.359 e. The highest BCUT2D eigenvalue weighted by molar-refractivity contribution is 5.95. The first-order valence-electron chi connectivity index (χ1n) is 9.14. The number of nitrogens with one attached hydrogen (secondary N) is 1. The molecule has 1 aromatic rings. The van der Waals surface area contributed by atoms with Crippen LogP contribution in [0, 0.1) is 31.1 Å². The molecule has 1 heterocycles. The Morgan fingerprint density at radius 1 is 1.23 bits per heavy atom. The van der Waals surface area contributed by atoms with Crippen molar-refractivity contribution >= 4 is 17.5 Å². The van der Waals surface area contributed by atoms with Gasteiger partial charge >= 0.3 is 0 Å². The lowest BCUT2D eigenvalue weighted by Crippen LogP contribution is -2.45. The molecule has 26 heavy (non-hydrogen) atoms. The molecule has 1 aliphatic rings. The Labute approximate surface area is 155 Å². The first kappa shape index (κ1) is 19.9. The summed E-state index contributed by atoms with van der Waals surface area (Å²) in [6.45, 7) is 6.21. The van der Waals surface area contributed by atoms with Crippen molar-refractivity contribution in [2.75, 3.05) is 38.1 Å². The Kier molecular flexibility index (Phi) is 7.16. The summed E-state index contributed by atoms with van der Waals surface area (Å²) in [6, 6.07) is 8.17. The third kappa shape index (κ3) is 5.30. The SMILES string of the molecule is CNC(=O)C1CCN(CC(=O)N(CCC#N)c2cc(C)cc(C)c2)CC1. The molecule has 140 valence electrons. The van der Waals surface area contributed by atoms with Crippen LogP contribution in [0.25, 0.3) is 0 Å². The van der Waals surface area contributed by atoms with Crippen LogP contribution in [-0.4, -0.2) is 49.9 Å². The van der Waals surface area contributed by atoms with Crippen molar-refractivity contribution in [1.29, 1.82) is 5.26 Å². The Morgan fingerprint density at radius 3 is 2.38 bits per heavy atom. The molecule has 0 aromatic heterocycles. The zero-order valence-corrected chi connectivity index (χ0v) is 15.9. The van der Waals surface area contributed by atoms with Gasteiger partial charge in [-0.3, -0.25) is 14.5 Å². The lowest BCUT2D eigenvalue weighted by atomic mass is 9.96. The molecule has 6 nitrogen and oxygen atoms in total. The summed E-state index contributed by atoms with van der Waals surface area (Å²) in [5.74, 6) is 0.131. The van der Waals surface area contributed by atoms with E-state index in [1.54, 1.807) is 11.9 Å². The number of piperidine rings is 1. The smallest absolute Gasteiger partial charge is 0.241 e. The van der Waals surface area contributed by atoms with E-state index in [9.17, 15) is 9.59 Å². The standard InChI is InChI=1S/C20H28N4O2/c1-15-11-16(2)13-18(12-15)24(8-4-7-21)19(25)14-23-9-5-17(6-10-23)20(26)22-3/h11-13,17H,4-6,8-10,14H2,1-3H3,(H,22,26). The number of rotatable bonds is 6. The Balaban J connectivity index is 2.03. The Morgan fingerprint density at radius 2 is 1.85 bits per heavy atom. The van der Waals surface area contributed by atoms with Crippen LogP contribution in [-0.2, 0) is 9.59 Å². The van der Waals surface area contributed by atoms with Crippen LogP contribution in [0.3, 0.4) is 0 Å². The van der Waals surface area contributed by atoms with Gasteiger partial charge in [-0.1, -0.05) is 6.07 Å². The van der Waals surface area contributed by atoms with Gasteiger partial charge in [0.05, 0.1) is 19.0 Å². The fourth-order valence-corrected chi connectivity index (χ4v) is 3.50. The van der Waals surface area contributed by atoms with E-state index >= 15 is 0 Å². The third-order valence-corrected chi connectivity index (χ3v) is 4.83. The van der Waals surface area contributed by atoms with Gasteiger partial charge in [-0.15, -0.1) is 0 Å². The maximum absolute atomic E-state index is 12.9. The number of benzene rings is 1. The molecular weight excluding hydrogens is 328 g/mol. The topological polar surface area (TPSA) is 76.4 Å². The average molecular weight is 356 g/mol. The predicted octanol–water partition coefficient (Wildman–Crippen LogP) is 2.01. The number of nitrogens with zero attached hydrogens (tertiary/aromatic N) is 3. The molecule has 6 heteroatoms. The van der Waals surface area contributed by atoms with Crippen LogP contribution in [0.4, 0.5) is 5.69 Å². The number of carbonyl (C=O) groups excluding carboxylic acids is 2. The van der Waals surface area contributed by atoms with E-state index in [4.69, 9.17) is 5.26 Å². The normalized spacial score (nSPS) is 15.3. The van der Waals surface area contributed by atoms with E-state index in [-0.39, 0.29) is 17.7 Å². The minimum absolute atomic E-state index is 0.00337. The molecule has 0 spiro atoms. The number of anilines is 1. The van der Waals surface area contributed by atoms with E-state index in [2.05, 4.69) is 22.4 Å². The van der Waals surface area contributed by atoms with Crippen molar-refractivity contribution < 1.29 is 9.59 Å². The van der Waals surface area contributed by atoms with Crippen molar-refractivity contribution in [3.05, 3.63) is 29.3 Å². The Hall–Kier alpha value is -2.39. The van der Waals surface area contributed by atoms with Gasteiger partial charge in [0.1, 0.15) is 0 Å². The Bertz CT molecular complexity index is 667. The second kappa shape index (κ2) is 9.35. The molecule has 1 aromatic carbocycles. The van der Waals surface area contributed by atoms with Crippen molar-refractivity contribution in [2.24, 2.45) is 5.92 Å². The van der Waals surface area contributed by atoms with Crippen molar-refractivity contribution in [1.82, 2.24) is 10.2 Å². The summed E-state index contributed by atoms with van der Waals surface area (Å²) in [5, 5.41) is 11.6. The van der Waals surface area contributed by atoms with Crippen LogP contribution >= 0.6 is 0 Å². The lowest BCUT2D eigenvalue weighted by Gasteiger charge is -2.32. The molecule has 0 radical (unpaired) electrons. The summed E-state index contributed by atoms with van der Waals surface area (Å²) in [7, 11) is 1.66. The van der Waals surface area contributed by atoms with Crippen LogP contribution in [0.5, 0.6) is 0 Å². The summed E-state index contributed by atoms with van der Waals surface area (Å²) in [5.41, 5.74) is 3.05.